The maximum absolute atomic E-state index is 12.4. The first-order valence-corrected chi connectivity index (χ1v) is 12.6. The van der Waals surface area contributed by atoms with Crippen LogP contribution in [0, 0.1) is 0 Å². The molecule has 0 spiro atoms. The fraction of sp³-hybridized carbons (Fsp3) is 0.615. The molecule has 3 rings (SSSR count). The Hall–Kier alpha value is -2.74. The minimum Gasteiger partial charge on any atom is -0.352 e. The number of rotatable bonds is 11. The largest absolute Gasteiger partial charge is 0.352 e. The summed E-state index contributed by atoms with van der Waals surface area (Å²) >= 11 is 0. The monoisotopic (exact) mass is 469 g/mol. The van der Waals surface area contributed by atoms with Crippen LogP contribution < -0.4 is 10.6 Å². The van der Waals surface area contributed by atoms with E-state index in [1.54, 1.807) is 0 Å². The van der Waals surface area contributed by atoms with Crippen molar-refractivity contribution in [3.63, 3.8) is 0 Å². The van der Waals surface area contributed by atoms with Gasteiger partial charge in [0.25, 0.3) is 0 Å². The molecular formula is C26H39N5O3. The fourth-order valence-corrected chi connectivity index (χ4v) is 4.68. The van der Waals surface area contributed by atoms with Crippen molar-refractivity contribution < 1.29 is 14.1 Å². The average Bonchev–Trinajstić information content (AvgIpc) is 3.20. The van der Waals surface area contributed by atoms with E-state index < -0.39 is 5.54 Å². The van der Waals surface area contributed by atoms with Crippen molar-refractivity contribution in [3.8, 4) is 0 Å². The number of carbonyl (C=O) groups is 2. The van der Waals surface area contributed by atoms with Crippen LogP contribution in [0.25, 0.3) is 0 Å². The Morgan fingerprint density at radius 2 is 1.79 bits per heavy atom. The summed E-state index contributed by atoms with van der Waals surface area (Å²) in [4.78, 5) is 31.2. The van der Waals surface area contributed by atoms with Crippen molar-refractivity contribution in [2.75, 3.05) is 13.1 Å². The number of aryl methyl sites for hydroxylation is 1. The molecule has 0 saturated heterocycles. The molecule has 1 aliphatic carbocycles. The molecule has 0 radical (unpaired) electrons. The van der Waals surface area contributed by atoms with E-state index in [0.29, 0.717) is 24.7 Å². The van der Waals surface area contributed by atoms with Crippen LogP contribution in [0.1, 0.15) is 88.6 Å². The van der Waals surface area contributed by atoms with E-state index in [9.17, 15) is 9.59 Å². The van der Waals surface area contributed by atoms with Gasteiger partial charge in [0.15, 0.2) is 5.82 Å². The molecular weight excluding hydrogens is 430 g/mol. The van der Waals surface area contributed by atoms with Crippen molar-refractivity contribution >= 4 is 11.8 Å². The molecule has 2 aromatic rings. The first-order valence-electron chi connectivity index (χ1n) is 12.6. The van der Waals surface area contributed by atoms with Gasteiger partial charge in [-0.1, -0.05) is 69.0 Å². The highest BCUT2D eigenvalue weighted by Gasteiger charge is 2.38. The first kappa shape index (κ1) is 25.9. The van der Waals surface area contributed by atoms with Crippen LogP contribution in [0.3, 0.4) is 0 Å². The molecule has 1 saturated carbocycles. The zero-order valence-corrected chi connectivity index (χ0v) is 20.9. The highest BCUT2D eigenvalue weighted by Crippen LogP contribution is 2.34. The van der Waals surface area contributed by atoms with E-state index in [4.69, 9.17) is 4.52 Å². The Labute approximate surface area is 202 Å². The van der Waals surface area contributed by atoms with Gasteiger partial charge in [-0.05, 0) is 37.1 Å². The number of carbonyl (C=O) groups excluding carboxylic acids is 2. The van der Waals surface area contributed by atoms with Crippen LogP contribution in [-0.4, -0.2) is 39.9 Å². The summed E-state index contributed by atoms with van der Waals surface area (Å²) in [7, 11) is 0. The van der Waals surface area contributed by atoms with Crippen LogP contribution in [0.5, 0.6) is 0 Å². The zero-order chi connectivity index (χ0) is 24.4. The maximum Gasteiger partial charge on any atom is 0.227 e. The van der Waals surface area contributed by atoms with Crippen LogP contribution in [-0.2, 0) is 34.6 Å². The molecule has 1 aliphatic rings. The van der Waals surface area contributed by atoms with Gasteiger partial charge in [0.05, 0.1) is 0 Å². The van der Waals surface area contributed by atoms with E-state index in [1.807, 2.05) is 12.1 Å². The molecule has 1 fully saturated rings. The smallest absolute Gasteiger partial charge is 0.227 e. The van der Waals surface area contributed by atoms with Gasteiger partial charge in [0.2, 0.25) is 17.7 Å². The normalized spacial score (nSPS) is 15.6. The zero-order valence-electron chi connectivity index (χ0n) is 20.9. The van der Waals surface area contributed by atoms with Gasteiger partial charge in [-0.2, -0.15) is 4.98 Å². The van der Waals surface area contributed by atoms with Gasteiger partial charge >= 0.3 is 0 Å². The van der Waals surface area contributed by atoms with E-state index in [-0.39, 0.29) is 18.2 Å². The predicted molar refractivity (Wildman–Crippen MR) is 131 cm³/mol. The summed E-state index contributed by atoms with van der Waals surface area (Å²) in [6.45, 7) is 9.28. The van der Waals surface area contributed by atoms with Gasteiger partial charge in [-0.3, -0.25) is 14.5 Å². The number of nitrogens with zero attached hydrogens (tertiary/aromatic N) is 3. The summed E-state index contributed by atoms with van der Waals surface area (Å²) in [5, 5.41) is 10.3. The average molecular weight is 470 g/mol. The van der Waals surface area contributed by atoms with Gasteiger partial charge in [-0.15, -0.1) is 0 Å². The highest BCUT2D eigenvalue weighted by molar-refractivity contribution is 5.76. The minimum absolute atomic E-state index is 0.0556. The second-order valence-electron chi connectivity index (χ2n) is 9.25. The lowest BCUT2D eigenvalue weighted by molar-refractivity contribution is -0.122. The van der Waals surface area contributed by atoms with Crippen LogP contribution in [0.2, 0.25) is 0 Å². The van der Waals surface area contributed by atoms with Gasteiger partial charge in [-0.25, -0.2) is 0 Å². The minimum atomic E-state index is -0.567. The highest BCUT2D eigenvalue weighted by atomic mass is 16.5. The van der Waals surface area contributed by atoms with E-state index in [0.717, 1.165) is 63.7 Å². The number of hydrogen-bond acceptors (Lipinski definition) is 6. The molecule has 2 N–H and O–H groups in total. The molecule has 0 bridgehead atoms. The van der Waals surface area contributed by atoms with Crippen LogP contribution in [0.15, 0.2) is 28.8 Å². The Morgan fingerprint density at radius 3 is 2.47 bits per heavy atom. The number of nitrogens with one attached hydrogen (secondary N) is 2. The number of benzene rings is 1. The van der Waals surface area contributed by atoms with Crippen molar-refractivity contribution in [2.45, 2.75) is 90.8 Å². The molecule has 8 heteroatoms. The van der Waals surface area contributed by atoms with E-state index in [2.05, 4.69) is 51.7 Å². The van der Waals surface area contributed by atoms with Crippen LogP contribution in [0.4, 0.5) is 0 Å². The van der Waals surface area contributed by atoms with Crippen molar-refractivity contribution in [1.29, 1.82) is 0 Å². The molecule has 0 aliphatic heterocycles. The lowest BCUT2D eigenvalue weighted by atomic mass is 9.89. The van der Waals surface area contributed by atoms with Gasteiger partial charge in [0, 0.05) is 32.9 Å². The fourth-order valence-electron chi connectivity index (χ4n) is 4.68. The molecule has 1 aromatic heterocycles. The quantitative estimate of drug-likeness (QED) is 0.485. The molecule has 186 valence electrons. The standard InChI is InChI=1S/C26H39N5O3/c1-4-31(5-2)19-22-12-10-11-21(17-22)18-27-23(33)13-14-24-28-25(30-34-24)26(29-20(3)32)15-8-6-7-9-16-26/h10-12,17H,4-9,13-16,18-19H2,1-3H3,(H,27,33)(H,29,32). The van der Waals surface area contributed by atoms with Gasteiger partial charge in [0.1, 0.15) is 5.54 Å². The lowest BCUT2D eigenvalue weighted by Gasteiger charge is -2.30. The Bertz CT molecular complexity index is 930. The topological polar surface area (TPSA) is 100 Å². The van der Waals surface area contributed by atoms with E-state index in [1.165, 1.54) is 12.5 Å². The van der Waals surface area contributed by atoms with Crippen molar-refractivity contribution in [1.82, 2.24) is 25.7 Å². The third kappa shape index (κ3) is 7.38. The third-order valence-corrected chi connectivity index (χ3v) is 6.62. The van der Waals surface area contributed by atoms with Crippen molar-refractivity contribution in [2.24, 2.45) is 0 Å². The third-order valence-electron chi connectivity index (χ3n) is 6.62. The molecule has 1 aromatic carbocycles. The molecule has 34 heavy (non-hydrogen) atoms. The Morgan fingerprint density at radius 1 is 1.09 bits per heavy atom. The second-order valence-corrected chi connectivity index (χ2v) is 9.25. The summed E-state index contributed by atoms with van der Waals surface area (Å²) in [5.41, 5.74) is 1.77. The lowest BCUT2D eigenvalue weighted by Crippen LogP contribution is -2.45. The second kappa shape index (κ2) is 12.6. The van der Waals surface area contributed by atoms with Crippen LogP contribution >= 0.6 is 0 Å². The number of aromatic nitrogens is 2. The summed E-state index contributed by atoms with van der Waals surface area (Å²) in [6, 6.07) is 8.35. The molecule has 8 nitrogen and oxygen atoms in total. The summed E-state index contributed by atoms with van der Waals surface area (Å²) in [5.74, 6) is 0.819. The van der Waals surface area contributed by atoms with E-state index >= 15 is 0 Å². The van der Waals surface area contributed by atoms with Gasteiger partial charge < -0.3 is 15.2 Å². The first-order chi connectivity index (χ1) is 16.4. The predicted octanol–water partition coefficient (Wildman–Crippen LogP) is 3.85. The SMILES string of the molecule is CCN(CC)Cc1cccc(CNC(=O)CCc2nc(C3(NC(C)=O)CCCCCC3)no2)c1. The number of hydrogen-bond donors (Lipinski definition) is 2. The maximum atomic E-state index is 12.4. The summed E-state index contributed by atoms with van der Waals surface area (Å²) in [6.07, 6.45) is 6.57. The molecule has 2 amide bonds. The van der Waals surface area contributed by atoms with Crippen molar-refractivity contribution in [3.05, 3.63) is 47.1 Å². The Balaban J connectivity index is 1.52. The molecule has 0 unspecified atom stereocenters. The molecule has 0 atom stereocenters. The molecule has 1 heterocycles. The summed E-state index contributed by atoms with van der Waals surface area (Å²) < 4.78 is 5.46. The number of amides is 2. The Kier molecular flexibility index (Phi) is 9.62.